The number of imidazole rings is 1. The summed E-state index contributed by atoms with van der Waals surface area (Å²) in [5.74, 6) is 1.90. The summed E-state index contributed by atoms with van der Waals surface area (Å²) >= 11 is 0. The Kier molecular flexibility index (Phi) is 7.65. The van der Waals surface area contributed by atoms with E-state index in [0.717, 1.165) is 81.6 Å². The average molecular weight is 530 g/mol. The van der Waals surface area contributed by atoms with Gasteiger partial charge in [-0.15, -0.1) is 0 Å². The van der Waals surface area contributed by atoms with E-state index in [4.69, 9.17) is 14.5 Å². The van der Waals surface area contributed by atoms with Crippen molar-refractivity contribution in [1.29, 1.82) is 0 Å². The maximum atomic E-state index is 6.19. The molecule has 7 nitrogen and oxygen atoms in total. The van der Waals surface area contributed by atoms with Crippen LogP contribution >= 0.6 is 0 Å². The first-order valence-electron chi connectivity index (χ1n) is 14.7. The lowest BCUT2D eigenvalue weighted by Gasteiger charge is -2.38. The summed E-state index contributed by atoms with van der Waals surface area (Å²) in [6.45, 7) is 16.7. The molecule has 39 heavy (non-hydrogen) atoms. The maximum Gasteiger partial charge on any atom is 0.151 e. The second kappa shape index (κ2) is 11.3. The van der Waals surface area contributed by atoms with Crippen LogP contribution in [0.1, 0.15) is 52.1 Å². The van der Waals surface area contributed by atoms with Gasteiger partial charge in [0.25, 0.3) is 0 Å². The summed E-state index contributed by atoms with van der Waals surface area (Å²) in [5, 5.41) is 0. The van der Waals surface area contributed by atoms with Crippen molar-refractivity contribution in [3.8, 4) is 22.6 Å². The summed E-state index contributed by atoms with van der Waals surface area (Å²) < 4.78 is 14.4. The highest BCUT2D eigenvalue weighted by Crippen LogP contribution is 2.35. The van der Waals surface area contributed by atoms with Gasteiger partial charge in [0.2, 0.25) is 0 Å². The van der Waals surface area contributed by atoms with Gasteiger partial charge in [-0.25, -0.2) is 4.98 Å². The lowest BCUT2D eigenvalue weighted by Crippen LogP contribution is -2.48. The second-order valence-corrected chi connectivity index (χ2v) is 11.8. The Hall–Kier alpha value is -2.87. The van der Waals surface area contributed by atoms with Gasteiger partial charge in [-0.1, -0.05) is 18.2 Å². The van der Waals surface area contributed by atoms with Crippen molar-refractivity contribution in [2.75, 3.05) is 44.2 Å². The van der Waals surface area contributed by atoms with E-state index < -0.39 is 0 Å². The number of aromatic nitrogens is 2. The van der Waals surface area contributed by atoms with Crippen molar-refractivity contribution >= 4 is 5.69 Å². The zero-order valence-electron chi connectivity index (χ0n) is 24.0. The monoisotopic (exact) mass is 529 g/mol. The van der Waals surface area contributed by atoms with Gasteiger partial charge >= 0.3 is 0 Å². The van der Waals surface area contributed by atoms with E-state index >= 15 is 0 Å². The molecule has 0 aliphatic carbocycles. The number of benzene rings is 2. The van der Waals surface area contributed by atoms with Crippen LogP contribution in [0, 0.1) is 0 Å². The van der Waals surface area contributed by atoms with E-state index in [1.165, 1.54) is 16.8 Å². The molecule has 4 heterocycles. The standard InChI is InChI=1S/C32H43N5O2/c1-23(2)35-15-17-36(18-16-35)28-8-5-25(6-9-28)26-7-10-30-31(19-26)38-22-32-33-27(21-37(30)32)20-34-13-11-29(12-14-34)39-24(3)4/h5-10,19,21,23-24,29H,11-18,20,22H2,1-4H3. The predicted octanol–water partition coefficient (Wildman–Crippen LogP) is 5.35. The zero-order chi connectivity index (χ0) is 26.9. The highest BCUT2D eigenvalue weighted by Gasteiger charge is 2.24. The van der Waals surface area contributed by atoms with Crippen LogP contribution < -0.4 is 9.64 Å². The fourth-order valence-corrected chi connectivity index (χ4v) is 6.19. The summed E-state index contributed by atoms with van der Waals surface area (Å²) in [6.07, 6.45) is 5.08. The molecule has 0 bridgehead atoms. The molecule has 208 valence electrons. The summed E-state index contributed by atoms with van der Waals surface area (Å²) in [5.41, 5.74) is 5.89. The first kappa shape index (κ1) is 26.4. The summed E-state index contributed by atoms with van der Waals surface area (Å²) in [6, 6.07) is 16.2. The second-order valence-electron chi connectivity index (χ2n) is 11.8. The van der Waals surface area contributed by atoms with Gasteiger partial charge in [-0.05, 0) is 75.9 Å². The number of fused-ring (bicyclic) bond motifs is 3. The third kappa shape index (κ3) is 5.86. The molecule has 0 amide bonds. The molecule has 2 aromatic carbocycles. The number of likely N-dealkylation sites (tertiary alicyclic amines) is 1. The Balaban J connectivity index is 1.11. The number of piperazine rings is 1. The number of rotatable bonds is 7. The maximum absolute atomic E-state index is 6.19. The third-order valence-electron chi connectivity index (χ3n) is 8.40. The molecule has 0 saturated carbocycles. The number of hydrogen-bond donors (Lipinski definition) is 0. The van der Waals surface area contributed by atoms with Crippen LogP contribution in [-0.4, -0.2) is 76.9 Å². The highest BCUT2D eigenvalue weighted by molar-refractivity contribution is 5.70. The Morgan fingerprint density at radius 2 is 1.62 bits per heavy atom. The Labute approximate surface area is 233 Å². The van der Waals surface area contributed by atoms with Crippen molar-refractivity contribution in [3.05, 3.63) is 60.2 Å². The number of piperidine rings is 1. The van der Waals surface area contributed by atoms with Crippen LogP contribution in [0.3, 0.4) is 0 Å². The first-order valence-corrected chi connectivity index (χ1v) is 14.7. The highest BCUT2D eigenvalue weighted by atomic mass is 16.5. The topological polar surface area (TPSA) is 46.0 Å². The van der Waals surface area contributed by atoms with E-state index in [9.17, 15) is 0 Å². The quantitative estimate of drug-likeness (QED) is 0.411. The molecule has 1 aromatic heterocycles. The lowest BCUT2D eigenvalue weighted by atomic mass is 10.0. The molecule has 2 saturated heterocycles. The molecule has 6 rings (SSSR count). The fraction of sp³-hybridized carbons (Fsp3) is 0.531. The Morgan fingerprint density at radius 3 is 2.31 bits per heavy atom. The van der Waals surface area contributed by atoms with Crippen molar-refractivity contribution in [3.63, 3.8) is 0 Å². The van der Waals surface area contributed by atoms with E-state index in [1.807, 2.05) is 0 Å². The van der Waals surface area contributed by atoms with Crippen LogP contribution in [0.4, 0.5) is 5.69 Å². The van der Waals surface area contributed by atoms with E-state index in [2.05, 4.69) is 95.6 Å². The van der Waals surface area contributed by atoms with Crippen molar-refractivity contribution in [1.82, 2.24) is 19.4 Å². The SMILES string of the molecule is CC(C)OC1CCN(Cc2cn3c(n2)COc2cc(-c4ccc(N5CCN(C(C)C)CC5)cc4)ccc2-3)CC1. The molecule has 0 spiro atoms. The first-order chi connectivity index (χ1) is 18.9. The van der Waals surface area contributed by atoms with Crippen molar-refractivity contribution in [2.24, 2.45) is 0 Å². The molecule has 3 aliphatic rings. The zero-order valence-corrected chi connectivity index (χ0v) is 24.0. The van der Waals surface area contributed by atoms with Gasteiger partial charge < -0.3 is 14.4 Å². The lowest BCUT2D eigenvalue weighted by molar-refractivity contribution is -0.0280. The van der Waals surface area contributed by atoms with Gasteiger partial charge in [-0.2, -0.15) is 0 Å². The predicted molar refractivity (Wildman–Crippen MR) is 157 cm³/mol. The summed E-state index contributed by atoms with van der Waals surface area (Å²) in [4.78, 5) is 12.5. The van der Waals surface area contributed by atoms with Gasteiger partial charge in [-0.3, -0.25) is 14.4 Å². The third-order valence-corrected chi connectivity index (χ3v) is 8.40. The normalized spacial score (nSPS) is 18.9. The molecular formula is C32H43N5O2. The van der Waals surface area contributed by atoms with E-state index in [-0.39, 0.29) is 0 Å². The largest absolute Gasteiger partial charge is 0.483 e. The number of anilines is 1. The molecule has 0 N–H and O–H groups in total. The van der Waals surface area contributed by atoms with Gasteiger partial charge in [0.15, 0.2) is 5.82 Å². The summed E-state index contributed by atoms with van der Waals surface area (Å²) in [7, 11) is 0. The van der Waals surface area contributed by atoms with Gasteiger partial charge in [0, 0.05) is 63.7 Å². The van der Waals surface area contributed by atoms with Crippen molar-refractivity contribution < 1.29 is 9.47 Å². The van der Waals surface area contributed by atoms with Crippen LogP contribution in [0.5, 0.6) is 5.75 Å². The Bertz CT molecular complexity index is 1250. The Morgan fingerprint density at radius 1 is 0.897 bits per heavy atom. The molecule has 0 unspecified atom stereocenters. The minimum absolute atomic E-state index is 0.303. The number of ether oxygens (including phenoxy) is 2. The van der Waals surface area contributed by atoms with Gasteiger partial charge in [0.1, 0.15) is 12.4 Å². The minimum atomic E-state index is 0.303. The number of nitrogens with zero attached hydrogens (tertiary/aromatic N) is 5. The number of hydrogen-bond acceptors (Lipinski definition) is 6. The van der Waals surface area contributed by atoms with Crippen LogP contribution in [-0.2, 0) is 17.9 Å². The van der Waals surface area contributed by atoms with Crippen LogP contribution in [0.15, 0.2) is 48.7 Å². The molecule has 3 aromatic rings. The average Bonchev–Trinajstić information content (AvgIpc) is 3.37. The minimum Gasteiger partial charge on any atom is -0.483 e. The van der Waals surface area contributed by atoms with E-state index in [1.54, 1.807) is 0 Å². The molecule has 0 radical (unpaired) electrons. The molecular weight excluding hydrogens is 486 g/mol. The van der Waals surface area contributed by atoms with Crippen LogP contribution in [0.2, 0.25) is 0 Å². The smallest absolute Gasteiger partial charge is 0.151 e. The molecule has 7 heteroatoms. The molecule has 2 fully saturated rings. The van der Waals surface area contributed by atoms with Gasteiger partial charge in [0.05, 0.1) is 23.6 Å². The van der Waals surface area contributed by atoms with Crippen molar-refractivity contribution in [2.45, 2.75) is 71.9 Å². The van der Waals surface area contributed by atoms with Crippen LogP contribution in [0.25, 0.3) is 16.8 Å². The fourth-order valence-electron chi connectivity index (χ4n) is 6.19. The molecule has 0 atom stereocenters. The molecule has 3 aliphatic heterocycles. The van der Waals surface area contributed by atoms with E-state index in [0.29, 0.717) is 24.9 Å².